The molecule has 0 atom stereocenters. The predicted octanol–water partition coefficient (Wildman–Crippen LogP) is 3.63. The Bertz CT molecular complexity index is 945. The lowest BCUT2D eigenvalue weighted by Crippen LogP contribution is -2.18. The molecule has 0 aliphatic carbocycles. The molecule has 3 aromatic rings. The van der Waals surface area contributed by atoms with Gasteiger partial charge in [0.2, 0.25) is 5.91 Å². The number of benzene rings is 2. The first-order valence-corrected chi connectivity index (χ1v) is 8.48. The standard InChI is InChI=1S/C21H20N2O4/c1-26-15-8-6-14(7-9-15)19-12-10-16(27-19)11-13-20(24)23-18-5-3-2-4-17(18)21(22)25/h2-10,12H,11,13H2,1H3,(H2,22,25)(H,23,24). The highest BCUT2D eigenvalue weighted by Gasteiger charge is 2.12. The Morgan fingerprint density at radius 1 is 1.04 bits per heavy atom. The molecule has 0 saturated carbocycles. The van der Waals surface area contributed by atoms with E-state index in [9.17, 15) is 9.59 Å². The molecule has 1 heterocycles. The van der Waals surface area contributed by atoms with Gasteiger partial charge in [-0.15, -0.1) is 0 Å². The summed E-state index contributed by atoms with van der Waals surface area (Å²) < 4.78 is 11.0. The van der Waals surface area contributed by atoms with Gasteiger partial charge in [-0.2, -0.15) is 0 Å². The number of ether oxygens (including phenoxy) is 1. The van der Waals surface area contributed by atoms with Crippen LogP contribution in [0.1, 0.15) is 22.5 Å². The fourth-order valence-corrected chi connectivity index (χ4v) is 2.68. The van der Waals surface area contributed by atoms with Crippen molar-refractivity contribution < 1.29 is 18.7 Å². The van der Waals surface area contributed by atoms with Crippen LogP contribution < -0.4 is 15.8 Å². The highest BCUT2D eigenvalue weighted by Crippen LogP contribution is 2.25. The molecule has 1 aromatic heterocycles. The zero-order chi connectivity index (χ0) is 19.2. The van der Waals surface area contributed by atoms with Crippen molar-refractivity contribution in [3.63, 3.8) is 0 Å². The monoisotopic (exact) mass is 364 g/mol. The summed E-state index contributed by atoms with van der Waals surface area (Å²) in [4.78, 5) is 23.6. The van der Waals surface area contributed by atoms with Gasteiger partial charge in [-0.05, 0) is 48.5 Å². The first kappa shape index (κ1) is 18.3. The minimum atomic E-state index is -0.582. The van der Waals surface area contributed by atoms with Gasteiger partial charge < -0.3 is 20.2 Å². The summed E-state index contributed by atoms with van der Waals surface area (Å²) in [7, 11) is 1.62. The molecule has 6 nitrogen and oxygen atoms in total. The summed E-state index contributed by atoms with van der Waals surface area (Å²) in [5.41, 5.74) is 6.94. The van der Waals surface area contributed by atoms with Gasteiger partial charge in [0.1, 0.15) is 17.3 Å². The number of hydrogen-bond donors (Lipinski definition) is 2. The Balaban J connectivity index is 1.60. The summed E-state index contributed by atoms with van der Waals surface area (Å²) >= 11 is 0. The molecule has 0 aliphatic rings. The molecule has 0 unspecified atom stereocenters. The Hall–Kier alpha value is -3.54. The third-order valence-electron chi connectivity index (χ3n) is 4.10. The van der Waals surface area contributed by atoms with Crippen molar-refractivity contribution in [2.24, 2.45) is 5.73 Å². The van der Waals surface area contributed by atoms with E-state index in [4.69, 9.17) is 14.9 Å². The number of anilines is 1. The topological polar surface area (TPSA) is 94.6 Å². The number of para-hydroxylation sites is 1. The van der Waals surface area contributed by atoms with Crippen molar-refractivity contribution in [1.82, 2.24) is 0 Å². The van der Waals surface area contributed by atoms with Crippen LogP contribution in [0.2, 0.25) is 0 Å². The van der Waals surface area contributed by atoms with Crippen molar-refractivity contribution in [2.45, 2.75) is 12.8 Å². The summed E-state index contributed by atoms with van der Waals surface area (Å²) in [6.07, 6.45) is 0.670. The molecule has 6 heteroatoms. The average Bonchev–Trinajstić information content (AvgIpc) is 3.16. The number of rotatable bonds is 7. The van der Waals surface area contributed by atoms with E-state index in [2.05, 4.69) is 5.32 Å². The minimum absolute atomic E-state index is 0.217. The first-order chi connectivity index (χ1) is 13.1. The van der Waals surface area contributed by atoms with Gasteiger partial charge in [0.25, 0.3) is 5.91 Å². The van der Waals surface area contributed by atoms with Crippen LogP contribution in [0.15, 0.2) is 65.1 Å². The molecule has 0 spiro atoms. The number of nitrogens with one attached hydrogen (secondary N) is 1. The van der Waals surface area contributed by atoms with Gasteiger partial charge in [-0.25, -0.2) is 0 Å². The molecular formula is C21H20N2O4. The summed E-state index contributed by atoms with van der Waals surface area (Å²) in [5, 5.41) is 2.72. The van der Waals surface area contributed by atoms with E-state index in [1.165, 1.54) is 0 Å². The molecule has 2 amide bonds. The van der Waals surface area contributed by atoms with Crippen molar-refractivity contribution in [1.29, 1.82) is 0 Å². The van der Waals surface area contributed by atoms with E-state index in [0.717, 1.165) is 17.1 Å². The second kappa shape index (κ2) is 8.23. The third kappa shape index (κ3) is 4.55. The van der Waals surface area contributed by atoms with Gasteiger partial charge in [-0.3, -0.25) is 9.59 Å². The Morgan fingerprint density at radius 2 is 1.78 bits per heavy atom. The number of carbonyl (C=O) groups is 2. The van der Waals surface area contributed by atoms with Gasteiger partial charge in [0.15, 0.2) is 0 Å². The molecule has 138 valence electrons. The minimum Gasteiger partial charge on any atom is -0.497 e. The molecule has 3 rings (SSSR count). The van der Waals surface area contributed by atoms with Crippen LogP contribution in [-0.4, -0.2) is 18.9 Å². The van der Waals surface area contributed by atoms with Crippen molar-refractivity contribution in [2.75, 3.05) is 12.4 Å². The van der Waals surface area contributed by atoms with Crippen LogP contribution >= 0.6 is 0 Å². The van der Waals surface area contributed by atoms with Crippen LogP contribution in [0, 0.1) is 0 Å². The van der Waals surface area contributed by atoms with Gasteiger partial charge in [-0.1, -0.05) is 12.1 Å². The molecule has 0 saturated heterocycles. The fourth-order valence-electron chi connectivity index (χ4n) is 2.68. The quantitative estimate of drug-likeness (QED) is 0.669. The maximum Gasteiger partial charge on any atom is 0.250 e. The van der Waals surface area contributed by atoms with E-state index in [1.807, 2.05) is 36.4 Å². The lowest BCUT2D eigenvalue weighted by molar-refractivity contribution is -0.116. The molecule has 3 N–H and O–H groups in total. The fraction of sp³-hybridized carbons (Fsp3) is 0.143. The zero-order valence-electron chi connectivity index (χ0n) is 14.9. The van der Waals surface area contributed by atoms with E-state index >= 15 is 0 Å². The van der Waals surface area contributed by atoms with Crippen LogP contribution in [0.4, 0.5) is 5.69 Å². The van der Waals surface area contributed by atoms with Crippen molar-refractivity contribution in [3.05, 3.63) is 72.0 Å². The van der Waals surface area contributed by atoms with Crippen LogP contribution in [0.5, 0.6) is 5.75 Å². The molecule has 0 fully saturated rings. The number of hydrogen-bond acceptors (Lipinski definition) is 4. The van der Waals surface area contributed by atoms with Crippen LogP contribution in [0.25, 0.3) is 11.3 Å². The third-order valence-corrected chi connectivity index (χ3v) is 4.10. The van der Waals surface area contributed by atoms with Crippen LogP contribution in [-0.2, 0) is 11.2 Å². The van der Waals surface area contributed by atoms with Gasteiger partial charge >= 0.3 is 0 Å². The number of carbonyl (C=O) groups excluding carboxylic acids is 2. The molecule has 0 aliphatic heterocycles. The predicted molar refractivity (Wildman–Crippen MR) is 103 cm³/mol. The molecule has 0 bridgehead atoms. The smallest absolute Gasteiger partial charge is 0.250 e. The Labute approximate surface area is 156 Å². The van der Waals surface area contributed by atoms with Crippen LogP contribution in [0.3, 0.4) is 0 Å². The second-order valence-corrected chi connectivity index (χ2v) is 5.95. The molecule has 2 aromatic carbocycles. The zero-order valence-corrected chi connectivity index (χ0v) is 14.9. The highest BCUT2D eigenvalue weighted by molar-refractivity contribution is 6.02. The van der Waals surface area contributed by atoms with Gasteiger partial charge in [0, 0.05) is 18.4 Å². The number of aryl methyl sites for hydroxylation is 1. The summed E-state index contributed by atoms with van der Waals surface area (Å²) in [6, 6.07) is 17.9. The largest absolute Gasteiger partial charge is 0.497 e. The lowest BCUT2D eigenvalue weighted by Gasteiger charge is -2.08. The Kier molecular flexibility index (Phi) is 5.56. The van der Waals surface area contributed by atoms with Crippen molar-refractivity contribution in [3.8, 4) is 17.1 Å². The number of primary amides is 1. The average molecular weight is 364 g/mol. The van der Waals surface area contributed by atoms with Crippen molar-refractivity contribution >= 4 is 17.5 Å². The highest BCUT2D eigenvalue weighted by atomic mass is 16.5. The molecule has 0 radical (unpaired) electrons. The SMILES string of the molecule is COc1ccc(-c2ccc(CCC(=O)Nc3ccccc3C(N)=O)o2)cc1. The normalized spacial score (nSPS) is 10.4. The second-order valence-electron chi connectivity index (χ2n) is 5.95. The summed E-state index contributed by atoms with van der Waals surface area (Å²) in [5.74, 6) is 1.41. The van der Waals surface area contributed by atoms with Gasteiger partial charge in [0.05, 0.1) is 18.4 Å². The molecular weight excluding hydrogens is 344 g/mol. The van der Waals surface area contributed by atoms with E-state index < -0.39 is 5.91 Å². The Morgan fingerprint density at radius 3 is 2.48 bits per heavy atom. The first-order valence-electron chi connectivity index (χ1n) is 8.48. The number of nitrogens with two attached hydrogens (primary N) is 1. The number of methoxy groups -OCH3 is 1. The molecule has 27 heavy (non-hydrogen) atoms. The number of furan rings is 1. The number of amides is 2. The summed E-state index contributed by atoms with van der Waals surface area (Å²) in [6.45, 7) is 0. The lowest BCUT2D eigenvalue weighted by atomic mass is 10.1. The van der Waals surface area contributed by atoms with E-state index in [-0.39, 0.29) is 17.9 Å². The maximum atomic E-state index is 12.2. The van der Waals surface area contributed by atoms with E-state index in [1.54, 1.807) is 31.4 Å². The maximum absolute atomic E-state index is 12.2. The van der Waals surface area contributed by atoms with E-state index in [0.29, 0.717) is 17.9 Å².